The third-order valence-corrected chi connectivity index (χ3v) is 5.84. The van der Waals surface area contributed by atoms with Crippen LogP contribution in [0.2, 0.25) is 0 Å². The largest absolute Gasteiger partial charge is 0.489 e. The molecule has 0 bridgehead atoms. The minimum absolute atomic E-state index is 0.214. The first-order chi connectivity index (χ1) is 14.0. The SMILES string of the molecule is C=C(C)C(=O)OCCOc1c(Br)cc(Br)cc1CCCCCCCCCCCC. The maximum Gasteiger partial charge on any atom is 0.333 e. The number of unbranched alkanes of at least 4 members (excludes halogenated alkanes) is 9. The van der Waals surface area contributed by atoms with Crippen LogP contribution in [0.15, 0.2) is 33.2 Å². The Kier molecular flexibility index (Phi) is 14.4. The molecular formula is C24H36Br2O3. The van der Waals surface area contributed by atoms with E-state index in [-0.39, 0.29) is 12.6 Å². The van der Waals surface area contributed by atoms with Gasteiger partial charge in [-0.1, -0.05) is 87.2 Å². The molecule has 0 spiro atoms. The van der Waals surface area contributed by atoms with E-state index in [0.29, 0.717) is 12.2 Å². The molecule has 0 fully saturated rings. The second-order valence-corrected chi connectivity index (χ2v) is 9.34. The van der Waals surface area contributed by atoms with E-state index >= 15 is 0 Å². The Labute approximate surface area is 193 Å². The Hall–Kier alpha value is -0.810. The van der Waals surface area contributed by atoms with Crippen molar-refractivity contribution in [1.29, 1.82) is 0 Å². The van der Waals surface area contributed by atoms with Gasteiger partial charge in [0.05, 0.1) is 4.47 Å². The van der Waals surface area contributed by atoms with Crippen molar-refractivity contribution in [3.63, 3.8) is 0 Å². The van der Waals surface area contributed by atoms with E-state index in [2.05, 4.69) is 51.4 Å². The normalized spacial score (nSPS) is 10.8. The summed E-state index contributed by atoms with van der Waals surface area (Å²) in [7, 11) is 0. The van der Waals surface area contributed by atoms with Gasteiger partial charge in [-0.05, 0) is 53.4 Å². The molecule has 1 rings (SSSR count). The van der Waals surface area contributed by atoms with Gasteiger partial charge in [0.2, 0.25) is 0 Å². The average Bonchev–Trinajstić information content (AvgIpc) is 2.67. The summed E-state index contributed by atoms with van der Waals surface area (Å²) in [4.78, 5) is 11.5. The summed E-state index contributed by atoms with van der Waals surface area (Å²) >= 11 is 7.16. The summed E-state index contributed by atoms with van der Waals surface area (Å²) in [6, 6.07) is 4.10. The lowest BCUT2D eigenvalue weighted by Crippen LogP contribution is -2.13. The topological polar surface area (TPSA) is 35.5 Å². The molecule has 0 N–H and O–H groups in total. The number of hydrogen-bond acceptors (Lipinski definition) is 3. The molecule has 1 aromatic rings. The lowest BCUT2D eigenvalue weighted by Gasteiger charge is -2.14. The van der Waals surface area contributed by atoms with Gasteiger partial charge in [-0.3, -0.25) is 0 Å². The molecule has 0 atom stereocenters. The van der Waals surface area contributed by atoms with Gasteiger partial charge in [0.15, 0.2) is 0 Å². The molecule has 0 aromatic heterocycles. The van der Waals surface area contributed by atoms with E-state index < -0.39 is 0 Å². The van der Waals surface area contributed by atoms with Gasteiger partial charge in [0, 0.05) is 10.0 Å². The van der Waals surface area contributed by atoms with E-state index in [4.69, 9.17) is 9.47 Å². The Morgan fingerprint density at radius 2 is 1.52 bits per heavy atom. The van der Waals surface area contributed by atoms with Crippen LogP contribution in [0.1, 0.15) is 83.6 Å². The first-order valence-corrected chi connectivity index (χ1v) is 12.5. The third kappa shape index (κ3) is 11.8. The molecule has 0 aliphatic rings. The summed E-state index contributed by atoms with van der Waals surface area (Å²) in [5.74, 6) is 0.463. The minimum atomic E-state index is -0.381. The fourth-order valence-electron chi connectivity index (χ4n) is 3.17. The van der Waals surface area contributed by atoms with Gasteiger partial charge in [0.1, 0.15) is 19.0 Å². The van der Waals surface area contributed by atoms with Crippen LogP contribution in [0.3, 0.4) is 0 Å². The fourth-order valence-corrected chi connectivity index (χ4v) is 4.59. The van der Waals surface area contributed by atoms with Gasteiger partial charge >= 0.3 is 5.97 Å². The van der Waals surface area contributed by atoms with E-state index in [1.807, 2.05) is 6.07 Å². The van der Waals surface area contributed by atoms with E-state index in [1.54, 1.807) is 6.92 Å². The smallest absolute Gasteiger partial charge is 0.333 e. The number of esters is 1. The van der Waals surface area contributed by atoms with Gasteiger partial charge in [-0.25, -0.2) is 4.79 Å². The predicted molar refractivity (Wildman–Crippen MR) is 129 cm³/mol. The Bertz CT molecular complexity index is 629. The summed E-state index contributed by atoms with van der Waals surface area (Å²) in [5.41, 5.74) is 1.58. The minimum Gasteiger partial charge on any atom is -0.489 e. The lowest BCUT2D eigenvalue weighted by atomic mass is 10.0. The molecule has 0 saturated heterocycles. The van der Waals surface area contributed by atoms with Crippen LogP contribution in [0.5, 0.6) is 5.75 Å². The quantitative estimate of drug-likeness (QED) is 0.122. The standard InChI is InChI=1S/C24H36Br2O3/c1-4-5-6-7-8-9-10-11-12-13-14-20-17-21(25)18-22(26)23(20)28-15-16-29-24(27)19(2)3/h17-18H,2,4-16H2,1,3H3. The molecular weight excluding hydrogens is 496 g/mol. The fraction of sp³-hybridized carbons (Fsp3) is 0.625. The van der Waals surface area contributed by atoms with E-state index in [9.17, 15) is 4.79 Å². The molecule has 0 aliphatic carbocycles. The van der Waals surface area contributed by atoms with Crippen molar-refractivity contribution < 1.29 is 14.3 Å². The van der Waals surface area contributed by atoms with Crippen LogP contribution in [0.4, 0.5) is 0 Å². The van der Waals surface area contributed by atoms with Crippen LogP contribution in [-0.2, 0) is 16.0 Å². The summed E-state index contributed by atoms with van der Waals surface area (Å²) in [6.45, 7) is 8.02. The molecule has 5 heteroatoms. The van der Waals surface area contributed by atoms with E-state index in [1.165, 1.54) is 63.4 Å². The number of carbonyl (C=O) groups excluding carboxylic acids is 1. The molecule has 1 aromatic carbocycles. The Morgan fingerprint density at radius 1 is 0.931 bits per heavy atom. The monoisotopic (exact) mass is 530 g/mol. The Morgan fingerprint density at radius 3 is 2.10 bits per heavy atom. The molecule has 0 radical (unpaired) electrons. The second kappa shape index (κ2) is 16.0. The summed E-state index contributed by atoms with van der Waals surface area (Å²) < 4.78 is 13.0. The van der Waals surface area contributed by atoms with Crippen molar-refractivity contribution in [1.82, 2.24) is 0 Å². The first-order valence-electron chi connectivity index (χ1n) is 10.9. The van der Waals surface area contributed by atoms with Gasteiger partial charge in [-0.15, -0.1) is 0 Å². The first kappa shape index (κ1) is 26.2. The van der Waals surface area contributed by atoms with Crippen LogP contribution in [0.25, 0.3) is 0 Å². The van der Waals surface area contributed by atoms with Gasteiger partial charge in [0.25, 0.3) is 0 Å². The molecule has 0 aliphatic heterocycles. The molecule has 164 valence electrons. The van der Waals surface area contributed by atoms with Crippen LogP contribution >= 0.6 is 31.9 Å². The number of ether oxygens (including phenoxy) is 2. The number of benzene rings is 1. The van der Waals surface area contributed by atoms with Crippen molar-refractivity contribution in [2.45, 2.75) is 84.5 Å². The number of aryl methyl sites for hydroxylation is 1. The van der Waals surface area contributed by atoms with Crippen molar-refractivity contribution in [3.8, 4) is 5.75 Å². The van der Waals surface area contributed by atoms with Crippen molar-refractivity contribution in [2.24, 2.45) is 0 Å². The molecule has 0 heterocycles. The number of halogens is 2. The maximum absolute atomic E-state index is 11.5. The molecule has 0 unspecified atom stereocenters. The zero-order valence-electron chi connectivity index (χ0n) is 18.0. The Balaban J connectivity index is 2.35. The van der Waals surface area contributed by atoms with E-state index in [0.717, 1.165) is 27.5 Å². The summed E-state index contributed by atoms with van der Waals surface area (Å²) in [5, 5.41) is 0. The van der Waals surface area contributed by atoms with Crippen molar-refractivity contribution in [2.75, 3.05) is 13.2 Å². The molecule has 29 heavy (non-hydrogen) atoms. The van der Waals surface area contributed by atoms with Crippen LogP contribution < -0.4 is 4.74 Å². The lowest BCUT2D eigenvalue weighted by molar-refractivity contribution is -0.139. The van der Waals surface area contributed by atoms with Crippen molar-refractivity contribution >= 4 is 37.8 Å². The second-order valence-electron chi connectivity index (χ2n) is 7.57. The average molecular weight is 532 g/mol. The zero-order chi connectivity index (χ0) is 21.5. The summed E-state index contributed by atoms with van der Waals surface area (Å²) in [6.07, 6.45) is 14.2. The van der Waals surface area contributed by atoms with Gasteiger partial charge in [-0.2, -0.15) is 0 Å². The number of rotatable bonds is 16. The van der Waals surface area contributed by atoms with Crippen LogP contribution in [-0.4, -0.2) is 19.2 Å². The highest BCUT2D eigenvalue weighted by atomic mass is 79.9. The highest BCUT2D eigenvalue weighted by Crippen LogP contribution is 2.34. The zero-order valence-corrected chi connectivity index (χ0v) is 21.2. The highest BCUT2D eigenvalue weighted by Gasteiger charge is 2.11. The maximum atomic E-state index is 11.5. The highest BCUT2D eigenvalue weighted by molar-refractivity contribution is 9.11. The number of hydrogen-bond donors (Lipinski definition) is 0. The molecule has 0 saturated carbocycles. The molecule has 3 nitrogen and oxygen atoms in total. The van der Waals surface area contributed by atoms with Crippen LogP contribution in [0, 0.1) is 0 Å². The third-order valence-electron chi connectivity index (χ3n) is 4.80. The number of carbonyl (C=O) groups is 1. The van der Waals surface area contributed by atoms with Crippen molar-refractivity contribution in [3.05, 3.63) is 38.8 Å². The molecule has 0 amide bonds. The predicted octanol–water partition coefficient (Wildman–Crippen LogP) is 8.17. The van der Waals surface area contributed by atoms with Gasteiger partial charge < -0.3 is 9.47 Å².